The Morgan fingerprint density at radius 3 is 2.14 bits per heavy atom. The zero-order chi connectivity index (χ0) is 19.8. The average Bonchev–Trinajstić information content (AvgIpc) is 2.71. The van der Waals surface area contributed by atoms with Crippen LogP contribution in [0.2, 0.25) is 10.0 Å². The predicted octanol–water partition coefficient (Wildman–Crippen LogP) is 6.25. The smallest absolute Gasteiger partial charge is 0.224 e. The highest BCUT2D eigenvalue weighted by molar-refractivity contribution is 7.98. The number of thioether (sulfide) groups is 1. The van der Waals surface area contributed by atoms with Crippen LogP contribution in [0.1, 0.15) is 11.1 Å². The van der Waals surface area contributed by atoms with E-state index in [4.69, 9.17) is 23.2 Å². The summed E-state index contributed by atoms with van der Waals surface area (Å²) >= 11 is 14.0. The molecule has 0 heterocycles. The minimum Gasteiger partial charge on any atom is -0.355 e. The van der Waals surface area contributed by atoms with Crippen molar-refractivity contribution in [3.63, 3.8) is 0 Å². The maximum atomic E-state index is 12.1. The fourth-order valence-electron chi connectivity index (χ4n) is 2.80. The molecule has 1 amide bonds. The monoisotopic (exact) mass is 429 g/mol. The van der Waals surface area contributed by atoms with E-state index >= 15 is 0 Å². The maximum absolute atomic E-state index is 12.1. The molecule has 3 aromatic rings. The molecule has 5 heteroatoms. The summed E-state index contributed by atoms with van der Waals surface area (Å²) in [4.78, 5) is 12.1. The lowest BCUT2D eigenvalue weighted by Gasteiger charge is -2.08. The van der Waals surface area contributed by atoms with Gasteiger partial charge in [0, 0.05) is 28.1 Å². The largest absolute Gasteiger partial charge is 0.355 e. The van der Waals surface area contributed by atoms with Gasteiger partial charge in [-0.1, -0.05) is 83.9 Å². The summed E-state index contributed by atoms with van der Waals surface area (Å²) in [5.41, 5.74) is 4.28. The Labute approximate surface area is 180 Å². The van der Waals surface area contributed by atoms with E-state index in [-0.39, 0.29) is 5.91 Å². The van der Waals surface area contributed by atoms with Crippen molar-refractivity contribution >= 4 is 40.9 Å². The molecule has 0 unspecified atom stereocenters. The maximum Gasteiger partial charge on any atom is 0.224 e. The second-order valence-corrected chi connectivity index (χ2v) is 8.26. The first kappa shape index (κ1) is 20.8. The number of hydrogen-bond donors (Lipinski definition) is 1. The van der Waals surface area contributed by atoms with Crippen LogP contribution in [0.25, 0.3) is 11.1 Å². The first-order chi connectivity index (χ1) is 13.6. The minimum atomic E-state index is 0.0313. The molecule has 1 N–H and O–H groups in total. The van der Waals surface area contributed by atoms with Gasteiger partial charge in [0.15, 0.2) is 0 Å². The zero-order valence-corrected chi connectivity index (χ0v) is 17.7. The third kappa shape index (κ3) is 6.03. The highest BCUT2D eigenvalue weighted by atomic mass is 35.5. The first-order valence-electron chi connectivity index (χ1n) is 9.05. The second-order valence-electron chi connectivity index (χ2n) is 6.34. The van der Waals surface area contributed by atoms with E-state index in [0.717, 1.165) is 28.2 Å². The Kier molecular flexibility index (Phi) is 7.84. The number of carbonyl (C=O) groups excluding carboxylic acids is 1. The molecule has 0 bridgehead atoms. The standard InChI is InChI=1S/C23H21Cl2NOS/c24-21-7-4-8-22(25)20(21)16-28-14-13-26-23(27)15-17-9-11-19(12-10-17)18-5-2-1-3-6-18/h1-12H,13-16H2,(H,26,27). The molecule has 0 atom stereocenters. The number of hydrogen-bond acceptors (Lipinski definition) is 2. The van der Waals surface area contributed by atoms with Crippen molar-refractivity contribution in [1.29, 1.82) is 0 Å². The topological polar surface area (TPSA) is 29.1 Å². The lowest BCUT2D eigenvalue weighted by molar-refractivity contribution is -0.120. The van der Waals surface area contributed by atoms with Crippen LogP contribution >= 0.6 is 35.0 Å². The SMILES string of the molecule is O=C(Cc1ccc(-c2ccccc2)cc1)NCCSCc1c(Cl)cccc1Cl. The van der Waals surface area contributed by atoms with Gasteiger partial charge < -0.3 is 5.32 Å². The van der Waals surface area contributed by atoms with Crippen molar-refractivity contribution in [2.45, 2.75) is 12.2 Å². The molecule has 0 aliphatic heterocycles. The molecule has 0 spiro atoms. The van der Waals surface area contributed by atoms with Gasteiger partial charge in [0.1, 0.15) is 0 Å². The highest BCUT2D eigenvalue weighted by Gasteiger charge is 2.06. The fourth-order valence-corrected chi connectivity index (χ4v) is 4.40. The van der Waals surface area contributed by atoms with Crippen LogP contribution in [0.3, 0.4) is 0 Å². The molecule has 28 heavy (non-hydrogen) atoms. The van der Waals surface area contributed by atoms with E-state index in [9.17, 15) is 4.79 Å². The molecule has 0 aliphatic rings. The lowest BCUT2D eigenvalue weighted by atomic mass is 10.0. The van der Waals surface area contributed by atoms with Crippen LogP contribution < -0.4 is 5.32 Å². The van der Waals surface area contributed by atoms with Crippen molar-refractivity contribution in [2.75, 3.05) is 12.3 Å². The molecule has 0 saturated heterocycles. The highest BCUT2D eigenvalue weighted by Crippen LogP contribution is 2.28. The molecule has 0 radical (unpaired) electrons. The summed E-state index contributed by atoms with van der Waals surface area (Å²) < 4.78 is 0. The van der Waals surface area contributed by atoms with E-state index < -0.39 is 0 Å². The first-order valence-corrected chi connectivity index (χ1v) is 11.0. The van der Waals surface area contributed by atoms with Gasteiger partial charge in [-0.2, -0.15) is 11.8 Å². The van der Waals surface area contributed by atoms with Crippen LogP contribution in [-0.4, -0.2) is 18.2 Å². The fraction of sp³-hybridized carbons (Fsp3) is 0.174. The summed E-state index contributed by atoms with van der Waals surface area (Å²) in [5, 5.41) is 4.33. The van der Waals surface area contributed by atoms with Crippen LogP contribution in [0, 0.1) is 0 Å². The van der Waals surface area contributed by atoms with Crippen molar-refractivity contribution in [3.8, 4) is 11.1 Å². The molecule has 0 fully saturated rings. The summed E-state index contributed by atoms with van der Waals surface area (Å²) in [6.45, 7) is 0.619. The Morgan fingerprint density at radius 1 is 0.821 bits per heavy atom. The van der Waals surface area contributed by atoms with Gasteiger partial charge in [-0.3, -0.25) is 4.79 Å². The number of nitrogens with one attached hydrogen (secondary N) is 1. The van der Waals surface area contributed by atoms with Gasteiger partial charge in [0.25, 0.3) is 0 Å². The van der Waals surface area contributed by atoms with Crippen LogP contribution in [0.5, 0.6) is 0 Å². The van der Waals surface area contributed by atoms with E-state index in [2.05, 4.69) is 29.6 Å². The number of carbonyl (C=O) groups is 1. The molecule has 0 aromatic heterocycles. The van der Waals surface area contributed by atoms with Crippen LogP contribution in [0.15, 0.2) is 72.8 Å². The van der Waals surface area contributed by atoms with Crippen molar-refractivity contribution in [3.05, 3.63) is 94.0 Å². The summed E-state index contributed by atoms with van der Waals surface area (Å²) in [5.74, 6) is 1.57. The normalized spacial score (nSPS) is 10.6. The third-order valence-corrected chi connectivity index (χ3v) is 6.00. The van der Waals surface area contributed by atoms with Crippen molar-refractivity contribution in [1.82, 2.24) is 5.32 Å². The molecule has 2 nitrogen and oxygen atoms in total. The van der Waals surface area contributed by atoms with E-state index in [1.54, 1.807) is 11.8 Å². The minimum absolute atomic E-state index is 0.0313. The van der Waals surface area contributed by atoms with Crippen LogP contribution in [0.4, 0.5) is 0 Å². The molecule has 3 aromatic carbocycles. The Hall–Kier alpha value is -1.94. The van der Waals surface area contributed by atoms with Gasteiger partial charge in [-0.25, -0.2) is 0 Å². The Bertz CT molecular complexity index is 893. The van der Waals surface area contributed by atoms with E-state index in [1.807, 2.05) is 48.5 Å². The second kappa shape index (κ2) is 10.6. The number of benzene rings is 3. The van der Waals surface area contributed by atoms with Crippen molar-refractivity contribution in [2.24, 2.45) is 0 Å². The molecular formula is C23H21Cl2NOS. The lowest BCUT2D eigenvalue weighted by Crippen LogP contribution is -2.27. The molecule has 3 rings (SSSR count). The quantitative estimate of drug-likeness (QED) is 0.428. The zero-order valence-electron chi connectivity index (χ0n) is 15.3. The van der Waals surface area contributed by atoms with Gasteiger partial charge in [-0.15, -0.1) is 0 Å². The van der Waals surface area contributed by atoms with Crippen LogP contribution in [-0.2, 0) is 17.0 Å². The van der Waals surface area contributed by atoms with Gasteiger partial charge >= 0.3 is 0 Å². The van der Waals surface area contributed by atoms with Gasteiger partial charge in [0.2, 0.25) is 5.91 Å². The number of amides is 1. The van der Waals surface area contributed by atoms with E-state index in [0.29, 0.717) is 23.0 Å². The summed E-state index contributed by atoms with van der Waals surface area (Å²) in [7, 11) is 0. The average molecular weight is 430 g/mol. The molecule has 144 valence electrons. The molecule has 0 aliphatic carbocycles. The Balaban J connectivity index is 1.40. The third-order valence-electron chi connectivity index (χ3n) is 4.30. The van der Waals surface area contributed by atoms with Gasteiger partial charge in [-0.05, 0) is 34.4 Å². The van der Waals surface area contributed by atoms with Crippen molar-refractivity contribution < 1.29 is 4.79 Å². The summed E-state index contributed by atoms with van der Waals surface area (Å²) in [6.07, 6.45) is 0.385. The summed E-state index contributed by atoms with van der Waals surface area (Å²) in [6, 6.07) is 23.9. The number of halogens is 2. The van der Waals surface area contributed by atoms with E-state index in [1.165, 1.54) is 5.56 Å². The Morgan fingerprint density at radius 2 is 1.46 bits per heavy atom. The van der Waals surface area contributed by atoms with Gasteiger partial charge in [0.05, 0.1) is 6.42 Å². The number of rotatable bonds is 8. The predicted molar refractivity (Wildman–Crippen MR) is 121 cm³/mol. The molecule has 0 saturated carbocycles. The molecular weight excluding hydrogens is 409 g/mol.